The average molecular weight is 557 g/mol. The second-order valence-electron chi connectivity index (χ2n) is 8.52. The van der Waals surface area contributed by atoms with Crippen molar-refractivity contribution in [2.45, 2.75) is 50.1 Å². The smallest absolute Gasteiger partial charge is 0.320 e. The number of rotatable bonds is 11. The van der Waals surface area contributed by atoms with Gasteiger partial charge in [0.15, 0.2) is 0 Å². The summed E-state index contributed by atoms with van der Waals surface area (Å²) in [4.78, 5) is 14.0. The lowest BCUT2D eigenvalue weighted by molar-refractivity contribution is -0.142. The largest absolute Gasteiger partial charge is 0.492 e. The number of morpholine rings is 1. The van der Waals surface area contributed by atoms with Crippen molar-refractivity contribution in [2.75, 3.05) is 32.9 Å². The van der Waals surface area contributed by atoms with E-state index in [0.29, 0.717) is 32.8 Å². The van der Waals surface area contributed by atoms with E-state index in [0.717, 1.165) is 36.3 Å². The molecule has 186 valence electrons. The van der Waals surface area contributed by atoms with Gasteiger partial charge in [0.2, 0.25) is 0 Å². The zero-order valence-electron chi connectivity index (χ0n) is 19.6. The Kier molecular flexibility index (Phi) is 10.6. The van der Waals surface area contributed by atoms with E-state index in [9.17, 15) is 9.18 Å². The van der Waals surface area contributed by atoms with Gasteiger partial charge in [-0.05, 0) is 55.2 Å². The number of carbonyl (C=O) groups is 1. The number of alkyl halides is 1. The number of unbranched alkanes of at least 4 members (excludes halogenated alkanes) is 1. The van der Waals surface area contributed by atoms with Crippen molar-refractivity contribution in [1.29, 1.82) is 0 Å². The molecule has 1 aliphatic heterocycles. The Hall–Kier alpha value is -1.67. The highest BCUT2D eigenvalue weighted by Gasteiger charge is 2.26. The van der Waals surface area contributed by atoms with Crippen LogP contribution in [0.4, 0.5) is 4.39 Å². The van der Waals surface area contributed by atoms with Gasteiger partial charge in [0.25, 0.3) is 0 Å². The van der Waals surface area contributed by atoms with Crippen molar-refractivity contribution in [3.8, 4) is 5.75 Å². The molecule has 0 spiro atoms. The van der Waals surface area contributed by atoms with Gasteiger partial charge in [0.05, 0.1) is 24.3 Å². The minimum atomic E-state index is -0.426. The molecule has 1 heterocycles. The van der Waals surface area contributed by atoms with Crippen LogP contribution >= 0.6 is 27.5 Å². The van der Waals surface area contributed by atoms with Gasteiger partial charge in [-0.15, -0.1) is 0 Å². The second kappa shape index (κ2) is 13.4. The monoisotopic (exact) mass is 555 g/mol. The summed E-state index contributed by atoms with van der Waals surface area (Å²) >= 11 is 9.37. The van der Waals surface area contributed by atoms with Crippen molar-refractivity contribution < 1.29 is 23.4 Å². The predicted molar refractivity (Wildman–Crippen MR) is 135 cm³/mol. The van der Waals surface area contributed by atoms with Crippen molar-refractivity contribution in [2.24, 2.45) is 0 Å². The van der Waals surface area contributed by atoms with Gasteiger partial charge in [-0.25, -0.2) is 4.39 Å². The van der Waals surface area contributed by atoms with Crippen LogP contribution < -0.4 is 4.74 Å². The van der Waals surface area contributed by atoms with E-state index in [1.54, 1.807) is 12.1 Å². The molecule has 0 aliphatic carbocycles. The Balaban J connectivity index is 1.46. The molecule has 2 aromatic rings. The Bertz CT molecular complexity index is 930. The van der Waals surface area contributed by atoms with Gasteiger partial charge >= 0.3 is 5.97 Å². The van der Waals surface area contributed by atoms with Crippen molar-refractivity contribution in [3.63, 3.8) is 0 Å². The van der Waals surface area contributed by atoms with Crippen molar-refractivity contribution in [3.05, 3.63) is 64.4 Å². The number of ether oxygens (including phenoxy) is 3. The maximum absolute atomic E-state index is 13.5. The van der Waals surface area contributed by atoms with E-state index in [-0.39, 0.29) is 28.0 Å². The lowest BCUT2D eigenvalue weighted by Gasteiger charge is -2.37. The molecule has 1 fully saturated rings. The minimum Gasteiger partial charge on any atom is -0.492 e. The predicted octanol–water partition coefficient (Wildman–Crippen LogP) is 5.97. The summed E-state index contributed by atoms with van der Waals surface area (Å²) in [5.74, 6) is 0.126. The van der Waals surface area contributed by atoms with Gasteiger partial charge in [-0.1, -0.05) is 59.1 Å². The lowest BCUT2D eigenvalue weighted by Crippen LogP contribution is -2.45. The van der Waals surface area contributed by atoms with E-state index in [1.165, 1.54) is 6.07 Å². The number of hydrogen-bond acceptors (Lipinski definition) is 5. The summed E-state index contributed by atoms with van der Waals surface area (Å²) in [5, 5.41) is 0.109. The summed E-state index contributed by atoms with van der Waals surface area (Å²) in [6.45, 7) is 7.25. The Morgan fingerprint density at radius 3 is 2.76 bits per heavy atom. The molecule has 0 amide bonds. The molecule has 1 saturated heterocycles. The summed E-state index contributed by atoms with van der Waals surface area (Å²) in [7, 11) is 0. The molecule has 34 heavy (non-hydrogen) atoms. The number of halogens is 3. The molecule has 0 saturated carbocycles. The molecular weight excluding hydrogens is 525 g/mol. The first kappa shape index (κ1) is 26.9. The van der Waals surface area contributed by atoms with E-state index in [2.05, 4.69) is 34.7 Å². The van der Waals surface area contributed by atoms with Gasteiger partial charge in [-0.2, -0.15) is 0 Å². The standard InChI is InChI=1S/C26H32BrClFNO4/c1-3-4-12-33-26(31)22(27)14-19-5-8-21(9-6-19)34-17-18(2)30-11-13-32-25(16-30)20-7-10-24(29)23(28)15-20/h5-10,15,18,22,25H,3-4,11-14,16-17H2,1-2H3. The van der Waals surface area contributed by atoms with Crippen LogP contribution in [-0.2, 0) is 20.7 Å². The fraction of sp³-hybridized carbons (Fsp3) is 0.500. The van der Waals surface area contributed by atoms with Crippen LogP contribution in [-0.4, -0.2) is 54.6 Å². The van der Waals surface area contributed by atoms with Crippen LogP contribution in [0.5, 0.6) is 5.75 Å². The van der Waals surface area contributed by atoms with Gasteiger partial charge in [-0.3, -0.25) is 9.69 Å². The fourth-order valence-corrected chi connectivity index (χ4v) is 4.42. The number of esters is 1. The summed E-state index contributed by atoms with van der Waals surface area (Å²) in [6, 6.07) is 12.7. The zero-order valence-corrected chi connectivity index (χ0v) is 22.0. The molecule has 3 atom stereocenters. The molecule has 0 radical (unpaired) electrons. The molecule has 8 heteroatoms. The van der Waals surface area contributed by atoms with E-state index in [1.807, 2.05) is 24.3 Å². The fourth-order valence-electron chi connectivity index (χ4n) is 3.73. The SMILES string of the molecule is CCCCOC(=O)C(Br)Cc1ccc(OCC(C)N2CCOC(c3ccc(F)c(Cl)c3)C2)cc1. The highest BCUT2D eigenvalue weighted by atomic mass is 79.9. The molecule has 3 rings (SSSR count). The highest BCUT2D eigenvalue weighted by molar-refractivity contribution is 9.10. The van der Waals surface area contributed by atoms with Crippen LogP contribution in [0.1, 0.15) is 43.9 Å². The maximum atomic E-state index is 13.5. The van der Waals surface area contributed by atoms with Gasteiger partial charge < -0.3 is 14.2 Å². The summed E-state index contributed by atoms with van der Waals surface area (Å²) in [5.41, 5.74) is 1.91. The molecule has 0 bridgehead atoms. The minimum absolute atomic E-state index is 0.109. The van der Waals surface area contributed by atoms with Crippen LogP contribution in [0.25, 0.3) is 0 Å². The molecule has 2 aromatic carbocycles. The first-order valence-corrected chi connectivity index (χ1v) is 13.0. The van der Waals surface area contributed by atoms with Crippen LogP contribution in [0, 0.1) is 5.82 Å². The van der Waals surface area contributed by atoms with Gasteiger partial charge in [0, 0.05) is 19.1 Å². The number of benzene rings is 2. The normalized spacial score (nSPS) is 18.3. The molecule has 1 aliphatic rings. The Morgan fingerprint density at radius 1 is 1.29 bits per heavy atom. The van der Waals surface area contributed by atoms with E-state index >= 15 is 0 Å². The van der Waals surface area contributed by atoms with E-state index < -0.39 is 5.82 Å². The van der Waals surface area contributed by atoms with Crippen LogP contribution in [0.15, 0.2) is 42.5 Å². The quantitative estimate of drug-likeness (QED) is 0.194. The number of carbonyl (C=O) groups excluding carboxylic acids is 1. The van der Waals surface area contributed by atoms with Crippen LogP contribution in [0.2, 0.25) is 5.02 Å². The van der Waals surface area contributed by atoms with E-state index in [4.69, 9.17) is 25.8 Å². The first-order chi connectivity index (χ1) is 16.4. The Labute approximate surface area is 214 Å². The molecular formula is C26H32BrClFNO4. The van der Waals surface area contributed by atoms with Crippen molar-refractivity contribution in [1.82, 2.24) is 4.90 Å². The third kappa shape index (κ3) is 7.94. The van der Waals surface area contributed by atoms with Crippen molar-refractivity contribution >= 4 is 33.5 Å². The highest BCUT2D eigenvalue weighted by Crippen LogP contribution is 2.27. The maximum Gasteiger partial charge on any atom is 0.320 e. The second-order valence-corrected chi connectivity index (χ2v) is 10.0. The van der Waals surface area contributed by atoms with Crippen LogP contribution in [0.3, 0.4) is 0 Å². The summed E-state index contributed by atoms with van der Waals surface area (Å²) < 4.78 is 30.7. The molecule has 0 aromatic heterocycles. The third-order valence-electron chi connectivity index (χ3n) is 5.86. The number of nitrogens with zero attached hydrogens (tertiary/aromatic N) is 1. The third-order valence-corrected chi connectivity index (χ3v) is 6.85. The number of hydrogen-bond donors (Lipinski definition) is 0. The molecule has 3 unspecified atom stereocenters. The topological polar surface area (TPSA) is 48.0 Å². The summed E-state index contributed by atoms with van der Waals surface area (Å²) in [6.07, 6.45) is 2.28. The average Bonchev–Trinajstić information content (AvgIpc) is 2.85. The van der Waals surface area contributed by atoms with Gasteiger partial charge in [0.1, 0.15) is 23.0 Å². The lowest BCUT2D eigenvalue weighted by atomic mass is 10.1. The first-order valence-electron chi connectivity index (χ1n) is 11.7. The molecule has 0 N–H and O–H groups in total. The molecule has 5 nitrogen and oxygen atoms in total. The zero-order chi connectivity index (χ0) is 24.5. The Morgan fingerprint density at radius 2 is 2.06 bits per heavy atom.